The molecule has 0 saturated carbocycles. The van der Waals surface area contributed by atoms with E-state index in [1.54, 1.807) is 39.8 Å². The lowest BCUT2D eigenvalue weighted by Crippen LogP contribution is -2.58. The van der Waals surface area contributed by atoms with Gasteiger partial charge >= 0.3 is 0 Å². The van der Waals surface area contributed by atoms with Gasteiger partial charge in [-0.25, -0.2) is 4.39 Å². The Kier molecular flexibility index (Phi) is 5.24. The van der Waals surface area contributed by atoms with E-state index < -0.39 is 22.9 Å². The molecule has 0 amide bonds. The van der Waals surface area contributed by atoms with E-state index in [1.807, 2.05) is 19.1 Å². The van der Waals surface area contributed by atoms with E-state index in [0.717, 1.165) is 11.1 Å². The molecule has 0 bridgehead atoms. The Hall–Kier alpha value is -2.04. The Morgan fingerprint density at radius 2 is 1.50 bits per heavy atom. The minimum atomic E-state index is -1.05. The van der Waals surface area contributed by atoms with Gasteiger partial charge in [-0.2, -0.15) is 0 Å². The second-order valence-corrected chi connectivity index (χ2v) is 8.59. The second kappa shape index (κ2) is 7.09. The summed E-state index contributed by atoms with van der Waals surface area (Å²) in [4.78, 5) is 26.1. The smallest absolute Gasteiger partial charge is 0.179 e. The van der Waals surface area contributed by atoms with Crippen molar-refractivity contribution in [1.29, 1.82) is 0 Å². The van der Waals surface area contributed by atoms with Gasteiger partial charge in [0.15, 0.2) is 11.6 Å². The molecular weight excluding hydrogens is 379 g/mol. The summed E-state index contributed by atoms with van der Waals surface area (Å²) < 4.78 is 19.6. The zero-order chi connectivity index (χ0) is 20.9. The van der Waals surface area contributed by atoms with Crippen LogP contribution in [0.2, 0.25) is 5.02 Å². The first-order valence-electron chi connectivity index (χ1n) is 9.35. The number of ether oxygens (including phenoxy) is 1. The molecule has 1 saturated heterocycles. The van der Waals surface area contributed by atoms with Crippen LogP contribution in [0, 0.1) is 5.82 Å². The Morgan fingerprint density at radius 3 is 2.04 bits per heavy atom. The van der Waals surface area contributed by atoms with Gasteiger partial charge in [-0.15, -0.1) is 0 Å². The second-order valence-electron chi connectivity index (χ2n) is 8.18. The zero-order valence-electron chi connectivity index (χ0n) is 16.7. The molecule has 1 fully saturated rings. The third kappa shape index (κ3) is 3.51. The highest BCUT2D eigenvalue weighted by atomic mass is 35.5. The fourth-order valence-corrected chi connectivity index (χ4v) is 4.00. The Labute approximate surface area is 169 Å². The third-order valence-electron chi connectivity index (χ3n) is 5.31. The summed E-state index contributed by atoms with van der Waals surface area (Å²) in [6.45, 7) is 8.77. The summed E-state index contributed by atoms with van der Waals surface area (Å²) in [6, 6.07) is 10.2. The highest BCUT2D eigenvalue weighted by Gasteiger charge is 2.53. The monoisotopic (exact) mass is 402 g/mol. The summed E-state index contributed by atoms with van der Waals surface area (Å²) >= 11 is 5.78. The lowest BCUT2D eigenvalue weighted by Gasteiger charge is -2.43. The number of benzene rings is 2. The summed E-state index contributed by atoms with van der Waals surface area (Å²) in [5.74, 6) is -1.84. The Bertz CT molecular complexity index is 936. The van der Waals surface area contributed by atoms with Crippen molar-refractivity contribution in [2.45, 2.75) is 58.2 Å². The number of hydrogen-bond donors (Lipinski definition) is 0. The average molecular weight is 403 g/mol. The molecule has 28 heavy (non-hydrogen) atoms. The van der Waals surface area contributed by atoms with Crippen molar-refractivity contribution in [3.8, 4) is 11.1 Å². The number of aryl methyl sites for hydroxylation is 1. The van der Waals surface area contributed by atoms with Gasteiger partial charge in [0.05, 0.1) is 5.02 Å². The van der Waals surface area contributed by atoms with Crippen LogP contribution in [0.3, 0.4) is 0 Å². The van der Waals surface area contributed by atoms with Crippen LogP contribution in [0.15, 0.2) is 36.4 Å². The first kappa shape index (κ1) is 20.7. The van der Waals surface area contributed by atoms with E-state index in [9.17, 15) is 14.0 Å². The number of rotatable bonds is 3. The molecule has 0 aliphatic carbocycles. The quantitative estimate of drug-likeness (QED) is 0.635. The molecule has 0 atom stereocenters. The lowest BCUT2D eigenvalue weighted by molar-refractivity contribution is -0.184. The van der Waals surface area contributed by atoms with Crippen molar-refractivity contribution in [2.75, 3.05) is 0 Å². The summed E-state index contributed by atoms with van der Waals surface area (Å²) in [6.07, 6.45) is 0.637. The molecule has 1 aliphatic rings. The van der Waals surface area contributed by atoms with Gasteiger partial charge < -0.3 is 4.74 Å². The number of ketones is 2. The number of carbonyl (C=O) groups excluding carboxylic acids is 2. The normalized spacial score (nSPS) is 19.1. The maximum atomic E-state index is 13.9. The van der Waals surface area contributed by atoms with Crippen LogP contribution in [-0.4, -0.2) is 22.8 Å². The zero-order valence-corrected chi connectivity index (χ0v) is 17.5. The maximum absolute atomic E-state index is 13.9. The van der Waals surface area contributed by atoms with Crippen LogP contribution in [0.4, 0.5) is 4.39 Å². The van der Waals surface area contributed by atoms with Gasteiger partial charge in [-0.05, 0) is 68.5 Å². The predicted molar refractivity (Wildman–Crippen MR) is 108 cm³/mol. The van der Waals surface area contributed by atoms with Gasteiger partial charge in [0.25, 0.3) is 0 Å². The molecule has 2 aromatic rings. The van der Waals surface area contributed by atoms with Crippen molar-refractivity contribution < 1.29 is 18.7 Å². The molecular formula is C23H24ClFO3. The van der Waals surface area contributed by atoms with Crippen molar-refractivity contribution in [3.05, 3.63) is 58.4 Å². The Morgan fingerprint density at radius 1 is 0.964 bits per heavy atom. The molecule has 5 heteroatoms. The largest absolute Gasteiger partial charge is 0.354 e. The molecule has 0 aromatic heterocycles. The van der Waals surface area contributed by atoms with Crippen molar-refractivity contribution >= 4 is 23.2 Å². The van der Waals surface area contributed by atoms with Crippen LogP contribution in [0.5, 0.6) is 0 Å². The highest BCUT2D eigenvalue weighted by Crippen LogP contribution is 2.40. The molecule has 3 rings (SSSR count). The van der Waals surface area contributed by atoms with E-state index in [0.29, 0.717) is 17.5 Å². The third-order valence-corrected chi connectivity index (χ3v) is 5.62. The van der Waals surface area contributed by atoms with Gasteiger partial charge in [0.2, 0.25) is 0 Å². The molecule has 0 N–H and O–H groups in total. The van der Waals surface area contributed by atoms with Gasteiger partial charge in [0.1, 0.15) is 22.9 Å². The van der Waals surface area contributed by atoms with Gasteiger partial charge in [-0.3, -0.25) is 9.59 Å². The summed E-state index contributed by atoms with van der Waals surface area (Å²) in [7, 11) is 0. The fraction of sp³-hybridized carbons (Fsp3) is 0.391. The molecule has 0 spiro atoms. The minimum Gasteiger partial charge on any atom is -0.354 e. The summed E-state index contributed by atoms with van der Waals surface area (Å²) in [5, 5.41) is 0.0685. The van der Waals surface area contributed by atoms with Crippen LogP contribution < -0.4 is 0 Å². The van der Waals surface area contributed by atoms with Crippen LogP contribution >= 0.6 is 11.6 Å². The summed E-state index contributed by atoms with van der Waals surface area (Å²) in [5.41, 5.74) is 0.971. The number of halogens is 2. The van der Waals surface area contributed by atoms with Crippen molar-refractivity contribution in [1.82, 2.24) is 0 Å². The number of carbonyl (C=O) groups is 2. The minimum absolute atomic E-state index is 0.0685. The molecule has 0 unspecified atom stereocenters. The molecule has 3 nitrogen and oxygen atoms in total. The van der Waals surface area contributed by atoms with E-state index in [2.05, 4.69) is 0 Å². The van der Waals surface area contributed by atoms with Gasteiger partial charge in [-0.1, -0.05) is 42.8 Å². The van der Waals surface area contributed by atoms with Crippen LogP contribution in [0.1, 0.15) is 51.7 Å². The molecule has 1 aliphatic heterocycles. The molecule has 1 heterocycles. The standard InChI is InChI=1S/C23H24ClFO3/c1-6-13-11-14(15-8-10-17(24)18(25)12-15)7-9-16(13)19-20(26)22(2,3)28-23(4,5)21(19)27/h7-12,19H,6H2,1-5H3. The van der Waals surface area contributed by atoms with Gasteiger partial charge in [0, 0.05) is 0 Å². The first-order valence-corrected chi connectivity index (χ1v) is 9.73. The molecule has 0 radical (unpaired) electrons. The van der Waals surface area contributed by atoms with E-state index in [1.165, 1.54) is 12.1 Å². The van der Waals surface area contributed by atoms with Crippen LogP contribution in [0.25, 0.3) is 11.1 Å². The highest BCUT2D eigenvalue weighted by molar-refractivity contribution is 6.30. The van der Waals surface area contributed by atoms with E-state index in [-0.39, 0.29) is 16.6 Å². The number of Topliss-reactive ketones (excluding diaryl/α,β-unsaturated/α-hetero) is 2. The van der Waals surface area contributed by atoms with Crippen LogP contribution in [-0.2, 0) is 20.7 Å². The van der Waals surface area contributed by atoms with Crippen molar-refractivity contribution in [2.24, 2.45) is 0 Å². The Balaban J connectivity index is 2.10. The maximum Gasteiger partial charge on any atom is 0.179 e. The first-order chi connectivity index (χ1) is 13.0. The fourth-order valence-electron chi connectivity index (χ4n) is 3.88. The van der Waals surface area contributed by atoms with E-state index in [4.69, 9.17) is 16.3 Å². The predicted octanol–water partition coefficient (Wildman–Crippen LogP) is 5.52. The average Bonchev–Trinajstić information content (AvgIpc) is 2.62. The number of hydrogen-bond acceptors (Lipinski definition) is 3. The van der Waals surface area contributed by atoms with E-state index >= 15 is 0 Å². The van der Waals surface area contributed by atoms with Crippen molar-refractivity contribution in [3.63, 3.8) is 0 Å². The SMILES string of the molecule is CCc1cc(-c2ccc(Cl)c(F)c2)ccc1C1C(=O)C(C)(C)OC(C)(C)C1=O. The topological polar surface area (TPSA) is 43.4 Å². The lowest BCUT2D eigenvalue weighted by atomic mass is 9.73. The molecule has 148 valence electrons. The molecule has 2 aromatic carbocycles.